The van der Waals surface area contributed by atoms with Gasteiger partial charge in [-0.1, -0.05) is 26.0 Å². The summed E-state index contributed by atoms with van der Waals surface area (Å²) in [4.78, 5) is 30.7. The van der Waals surface area contributed by atoms with E-state index in [-0.39, 0.29) is 17.5 Å². The minimum absolute atomic E-state index is 0.0166. The number of hydrogen-bond donors (Lipinski definition) is 1. The van der Waals surface area contributed by atoms with E-state index in [4.69, 9.17) is 10.5 Å². The van der Waals surface area contributed by atoms with E-state index in [0.29, 0.717) is 6.54 Å². The van der Waals surface area contributed by atoms with E-state index in [1.807, 2.05) is 18.6 Å². The molecular formula is C22H31N4O3. The summed E-state index contributed by atoms with van der Waals surface area (Å²) in [6.07, 6.45) is 3.88. The molecule has 3 fully saturated rings. The summed E-state index contributed by atoms with van der Waals surface area (Å²) >= 11 is 0. The van der Waals surface area contributed by atoms with Crippen LogP contribution in [0.25, 0.3) is 0 Å². The predicted octanol–water partition coefficient (Wildman–Crippen LogP) is 1.76. The number of fused-ring (bicyclic) bond motifs is 1. The van der Waals surface area contributed by atoms with Crippen LogP contribution in [0.1, 0.15) is 32.3 Å². The SMILES string of the molecule is CC(C)(CCN1CCOCC1)c1ccc(N2C(=O)N3CC[CH][C@@H]3C2C(N)=O)cc1. The van der Waals surface area contributed by atoms with Crippen LogP contribution in [-0.2, 0) is 14.9 Å². The molecule has 7 heteroatoms. The molecule has 7 nitrogen and oxygen atoms in total. The predicted molar refractivity (Wildman–Crippen MR) is 112 cm³/mol. The standard InChI is InChI=1S/C22H31N4O3/c1-22(2,9-11-24-12-14-29-15-13-24)16-5-7-17(8-6-16)26-19(20(23)27)18-4-3-10-25(18)21(26)28/h4-8,18-19H,3,9-15H2,1-2H3,(H2,23,27)/t18-,19?/m1/s1. The molecule has 3 aliphatic heterocycles. The molecule has 1 unspecified atom stereocenters. The third kappa shape index (κ3) is 3.85. The Hall–Kier alpha value is -2.12. The van der Waals surface area contributed by atoms with Gasteiger partial charge in [-0.2, -0.15) is 0 Å². The van der Waals surface area contributed by atoms with Crippen LogP contribution in [-0.4, -0.2) is 73.2 Å². The van der Waals surface area contributed by atoms with Crippen molar-refractivity contribution in [2.45, 2.75) is 44.2 Å². The highest BCUT2D eigenvalue weighted by Gasteiger charge is 2.51. The number of benzene rings is 1. The Labute approximate surface area is 172 Å². The van der Waals surface area contributed by atoms with E-state index < -0.39 is 11.9 Å². The summed E-state index contributed by atoms with van der Waals surface area (Å²) in [6, 6.07) is 7.06. The Bertz CT molecular complexity index is 758. The van der Waals surface area contributed by atoms with Crippen molar-refractivity contribution in [2.24, 2.45) is 5.73 Å². The average molecular weight is 400 g/mol. The highest BCUT2D eigenvalue weighted by molar-refractivity contribution is 6.04. The van der Waals surface area contributed by atoms with E-state index in [2.05, 4.69) is 30.9 Å². The summed E-state index contributed by atoms with van der Waals surface area (Å²) in [7, 11) is 0. The van der Waals surface area contributed by atoms with Gasteiger partial charge >= 0.3 is 6.03 Å². The number of carbonyl (C=O) groups is 2. The molecule has 4 rings (SSSR count). The quantitative estimate of drug-likeness (QED) is 0.791. The Kier molecular flexibility index (Phi) is 5.53. The van der Waals surface area contributed by atoms with Crippen molar-refractivity contribution < 1.29 is 14.3 Å². The number of carbonyl (C=O) groups excluding carboxylic acids is 2. The fourth-order valence-corrected chi connectivity index (χ4v) is 4.64. The number of anilines is 1. The van der Waals surface area contributed by atoms with Gasteiger partial charge in [0.1, 0.15) is 6.04 Å². The number of amides is 3. The molecule has 0 spiro atoms. The van der Waals surface area contributed by atoms with Crippen molar-refractivity contribution >= 4 is 17.6 Å². The Balaban J connectivity index is 1.48. The van der Waals surface area contributed by atoms with Crippen LogP contribution < -0.4 is 10.6 Å². The summed E-state index contributed by atoms with van der Waals surface area (Å²) < 4.78 is 5.43. The molecule has 0 aliphatic carbocycles. The van der Waals surface area contributed by atoms with Gasteiger partial charge in [0, 0.05) is 25.3 Å². The van der Waals surface area contributed by atoms with Gasteiger partial charge in [0.15, 0.2) is 0 Å². The Morgan fingerprint density at radius 1 is 1.17 bits per heavy atom. The van der Waals surface area contributed by atoms with Crippen molar-refractivity contribution in [1.29, 1.82) is 0 Å². The first-order valence-corrected chi connectivity index (χ1v) is 10.5. The molecule has 3 saturated heterocycles. The summed E-state index contributed by atoms with van der Waals surface area (Å²) in [6.45, 7) is 9.81. The van der Waals surface area contributed by atoms with Gasteiger partial charge in [0.05, 0.1) is 19.3 Å². The molecule has 1 aromatic carbocycles. The molecule has 3 amide bonds. The minimum Gasteiger partial charge on any atom is -0.379 e. The van der Waals surface area contributed by atoms with Crippen LogP contribution in [0.3, 0.4) is 0 Å². The monoisotopic (exact) mass is 399 g/mol. The van der Waals surface area contributed by atoms with Crippen molar-refractivity contribution in [3.8, 4) is 0 Å². The second-order valence-electron chi connectivity index (χ2n) is 8.84. The van der Waals surface area contributed by atoms with Gasteiger partial charge in [0.2, 0.25) is 5.91 Å². The van der Waals surface area contributed by atoms with E-state index in [1.54, 1.807) is 9.80 Å². The first-order valence-electron chi connectivity index (χ1n) is 10.5. The van der Waals surface area contributed by atoms with E-state index in [1.165, 1.54) is 5.56 Å². The maximum atomic E-state index is 12.9. The van der Waals surface area contributed by atoms with Gasteiger partial charge in [-0.15, -0.1) is 0 Å². The molecule has 3 heterocycles. The zero-order chi connectivity index (χ0) is 20.6. The highest BCUT2D eigenvalue weighted by Crippen LogP contribution is 2.36. The van der Waals surface area contributed by atoms with Crippen LogP contribution in [0, 0.1) is 6.42 Å². The van der Waals surface area contributed by atoms with Gasteiger partial charge in [0.25, 0.3) is 0 Å². The largest absolute Gasteiger partial charge is 0.379 e. The molecule has 3 aliphatic rings. The summed E-state index contributed by atoms with van der Waals surface area (Å²) in [5, 5.41) is 0. The number of morpholine rings is 1. The lowest BCUT2D eigenvalue weighted by Crippen LogP contribution is -2.46. The molecule has 0 saturated carbocycles. The molecule has 29 heavy (non-hydrogen) atoms. The van der Waals surface area contributed by atoms with Gasteiger partial charge < -0.3 is 15.4 Å². The van der Waals surface area contributed by atoms with Crippen LogP contribution in [0.4, 0.5) is 10.5 Å². The van der Waals surface area contributed by atoms with Gasteiger partial charge in [-0.25, -0.2) is 4.79 Å². The molecule has 2 N–H and O–H groups in total. The lowest BCUT2D eigenvalue weighted by molar-refractivity contribution is -0.119. The molecule has 1 aromatic rings. The van der Waals surface area contributed by atoms with Crippen molar-refractivity contribution in [3.05, 3.63) is 36.2 Å². The Morgan fingerprint density at radius 2 is 1.86 bits per heavy atom. The number of nitrogens with zero attached hydrogens (tertiary/aromatic N) is 3. The molecule has 157 valence electrons. The van der Waals surface area contributed by atoms with E-state index >= 15 is 0 Å². The van der Waals surface area contributed by atoms with Crippen molar-refractivity contribution in [1.82, 2.24) is 9.80 Å². The molecule has 0 aromatic heterocycles. The minimum atomic E-state index is -0.634. The third-order valence-electron chi connectivity index (χ3n) is 6.57. The van der Waals surface area contributed by atoms with Gasteiger partial charge in [-0.05, 0) is 48.9 Å². The number of primary amides is 1. The maximum Gasteiger partial charge on any atom is 0.325 e. The van der Waals surface area contributed by atoms with Crippen LogP contribution in [0.15, 0.2) is 24.3 Å². The first-order chi connectivity index (χ1) is 13.9. The first kappa shape index (κ1) is 20.2. The van der Waals surface area contributed by atoms with Crippen molar-refractivity contribution in [3.63, 3.8) is 0 Å². The Morgan fingerprint density at radius 3 is 2.52 bits per heavy atom. The number of hydrogen-bond acceptors (Lipinski definition) is 4. The number of urea groups is 1. The second kappa shape index (κ2) is 7.95. The lowest BCUT2D eigenvalue weighted by atomic mass is 9.81. The average Bonchev–Trinajstić information content (AvgIpc) is 3.29. The molecule has 1 radical (unpaired) electrons. The third-order valence-corrected chi connectivity index (χ3v) is 6.57. The topological polar surface area (TPSA) is 79.1 Å². The van der Waals surface area contributed by atoms with Gasteiger partial charge in [-0.3, -0.25) is 14.6 Å². The normalized spacial score (nSPS) is 25.5. The van der Waals surface area contributed by atoms with Crippen LogP contribution in [0.2, 0.25) is 0 Å². The summed E-state index contributed by atoms with van der Waals surface area (Å²) in [5.41, 5.74) is 7.63. The zero-order valence-electron chi connectivity index (χ0n) is 17.3. The van der Waals surface area contributed by atoms with Crippen LogP contribution in [0.5, 0.6) is 0 Å². The van der Waals surface area contributed by atoms with Crippen LogP contribution >= 0.6 is 0 Å². The molecule has 0 bridgehead atoms. The zero-order valence-corrected chi connectivity index (χ0v) is 17.3. The molecule has 2 atom stereocenters. The number of rotatable bonds is 6. The second-order valence-corrected chi connectivity index (χ2v) is 8.84. The maximum absolute atomic E-state index is 12.9. The van der Waals surface area contributed by atoms with E-state index in [9.17, 15) is 9.59 Å². The lowest BCUT2D eigenvalue weighted by Gasteiger charge is -2.32. The fraction of sp³-hybridized carbons (Fsp3) is 0.591. The van der Waals surface area contributed by atoms with Crippen molar-refractivity contribution in [2.75, 3.05) is 44.3 Å². The molecular weight excluding hydrogens is 368 g/mol. The highest BCUT2D eigenvalue weighted by atomic mass is 16.5. The summed E-state index contributed by atoms with van der Waals surface area (Å²) in [5.74, 6) is -0.459. The number of nitrogens with two attached hydrogens (primary N) is 1. The van der Waals surface area contributed by atoms with E-state index in [0.717, 1.165) is 51.4 Å². The smallest absolute Gasteiger partial charge is 0.325 e. The number of ether oxygens (including phenoxy) is 1. The fourth-order valence-electron chi connectivity index (χ4n) is 4.64.